The maximum Gasteiger partial charge on any atom is 0.409 e. The minimum Gasteiger partial charge on any atom is -0.488 e. The number of rotatable bonds is 10. The van der Waals surface area contributed by atoms with E-state index in [-0.39, 0.29) is 12.7 Å². The van der Waals surface area contributed by atoms with Gasteiger partial charge in [-0.1, -0.05) is 12.8 Å². The minimum absolute atomic E-state index is 0.0473. The monoisotopic (exact) mass is 461 g/mol. The van der Waals surface area contributed by atoms with Crippen molar-refractivity contribution in [2.24, 2.45) is 17.5 Å². The fourth-order valence-corrected chi connectivity index (χ4v) is 4.24. The lowest BCUT2D eigenvalue weighted by molar-refractivity contribution is 0.101. The highest BCUT2D eigenvalue weighted by atomic mass is 16.6. The summed E-state index contributed by atoms with van der Waals surface area (Å²) in [5.74, 6) is 7.29. The third-order valence-electron chi connectivity index (χ3n) is 6.47. The van der Waals surface area contributed by atoms with Crippen LogP contribution in [0.3, 0.4) is 0 Å². The molecule has 0 atom stereocenters. The number of nitrogens with zero attached hydrogens (tertiary/aromatic N) is 3. The molecule has 0 radical (unpaired) electrons. The van der Waals surface area contributed by atoms with Crippen LogP contribution in [0.2, 0.25) is 0 Å². The van der Waals surface area contributed by atoms with Crippen LogP contribution in [0, 0.1) is 5.92 Å². The maximum absolute atomic E-state index is 12.4. The Morgan fingerprint density at radius 3 is 2.45 bits per heavy atom. The van der Waals surface area contributed by atoms with Crippen molar-refractivity contribution in [3.05, 3.63) is 29.2 Å². The van der Waals surface area contributed by atoms with Gasteiger partial charge in [0, 0.05) is 27.7 Å². The topological polar surface area (TPSA) is 116 Å². The van der Waals surface area contributed by atoms with Crippen LogP contribution in [-0.2, 0) is 16.1 Å². The normalized spacial score (nSPS) is 17.7. The molecule has 184 valence electrons. The Hall–Kier alpha value is -2.52. The van der Waals surface area contributed by atoms with E-state index in [2.05, 4.69) is 4.98 Å². The van der Waals surface area contributed by atoms with Crippen molar-refractivity contribution in [1.29, 1.82) is 0 Å². The molecule has 9 heteroatoms. The van der Waals surface area contributed by atoms with Crippen molar-refractivity contribution in [3.63, 3.8) is 0 Å². The Kier molecular flexibility index (Phi) is 9.20. The van der Waals surface area contributed by atoms with Crippen LogP contribution in [0.15, 0.2) is 17.8 Å². The molecule has 2 aliphatic carbocycles. The van der Waals surface area contributed by atoms with E-state index in [9.17, 15) is 4.79 Å². The van der Waals surface area contributed by atoms with E-state index >= 15 is 0 Å². The number of amides is 1. The summed E-state index contributed by atoms with van der Waals surface area (Å²) in [6, 6.07) is 3.69. The number of ether oxygens (including phenoxy) is 3. The second-order valence-corrected chi connectivity index (χ2v) is 9.16. The second kappa shape index (κ2) is 12.1. The molecule has 2 fully saturated rings. The van der Waals surface area contributed by atoms with E-state index in [4.69, 9.17) is 25.8 Å². The molecule has 1 heterocycles. The van der Waals surface area contributed by atoms with Crippen molar-refractivity contribution >= 4 is 11.8 Å². The first kappa shape index (κ1) is 25.1. The first-order valence-corrected chi connectivity index (χ1v) is 11.9. The Balaban J connectivity index is 1.71. The van der Waals surface area contributed by atoms with E-state index in [1.54, 1.807) is 32.2 Å². The summed E-state index contributed by atoms with van der Waals surface area (Å²) in [6.07, 6.45) is 9.12. The van der Waals surface area contributed by atoms with Gasteiger partial charge in [-0.05, 0) is 56.6 Å². The fourth-order valence-electron chi connectivity index (χ4n) is 4.24. The first-order chi connectivity index (χ1) is 15.9. The van der Waals surface area contributed by atoms with Crippen LogP contribution < -0.4 is 16.3 Å². The molecule has 9 nitrogen and oxygen atoms in total. The van der Waals surface area contributed by atoms with Gasteiger partial charge < -0.3 is 29.9 Å². The number of carbonyl (C=O) groups excluding carboxylic acids is 1. The molecule has 0 aliphatic heterocycles. The maximum atomic E-state index is 12.4. The zero-order chi connectivity index (χ0) is 23.8. The van der Waals surface area contributed by atoms with Crippen molar-refractivity contribution < 1.29 is 19.0 Å². The lowest BCUT2D eigenvalue weighted by Gasteiger charge is -2.30. The lowest BCUT2D eigenvalue weighted by Crippen LogP contribution is -2.37. The predicted molar refractivity (Wildman–Crippen MR) is 127 cm³/mol. The summed E-state index contributed by atoms with van der Waals surface area (Å²) in [6.45, 7) is 0.961. The molecule has 0 saturated heterocycles. The zero-order valence-electron chi connectivity index (χ0n) is 20.2. The van der Waals surface area contributed by atoms with Crippen LogP contribution in [0.25, 0.3) is 5.70 Å². The fraction of sp³-hybridized carbons (Fsp3) is 0.667. The molecule has 2 saturated carbocycles. The third kappa shape index (κ3) is 6.98. The molecule has 0 aromatic carbocycles. The van der Waals surface area contributed by atoms with Gasteiger partial charge in [0.15, 0.2) is 0 Å². The van der Waals surface area contributed by atoms with Gasteiger partial charge in [-0.2, -0.15) is 0 Å². The van der Waals surface area contributed by atoms with E-state index in [0.717, 1.165) is 25.7 Å². The highest BCUT2D eigenvalue weighted by molar-refractivity contribution is 5.68. The SMILES string of the molecule is COCc1nc(/C(N)=C(\COC(=O)N(C)CC2CCC2)N(C)N)ccc1OC1CCCCC1. The highest BCUT2D eigenvalue weighted by Gasteiger charge is 2.23. The van der Waals surface area contributed by atoms with E-state index in [1.165, 1.54) is 30.7 Å². The molecule has 0 spiro atoms. The summed E-state index contributed by atoms with van der Waals surface area (Å²) < 4.78 is 17.1. The minimum atomic E-state index is -0.390. The molecule has 1 amide bonds. The van der Waals surface area contributed by atoms with Crippen molar-refractivity contribution in [3.8, 4) is 5.75 Å². The number of hydrogen-bond donors (Lipinski definition) is 2. The van der Waals surface area contributed by atoms with Crippen molar-refractivity contribution in [1.82, 2.24) is 14.9 Å². The first-order valence-electron chi connectivity index (χ1n) is 11.9. The molecular weight excluding hydrogens is 422 g/mol. The summed E-state index contributed by atoms with van der Waals surface area (Å²) in [5, 5.41) is 1.36. The zero-order valence-corrected chi connectivity index (χ0v) is 20.2. The molecule has 4 N–H and O–H groups in total. The van der Waals surface area contributed by atoms with Gasteiger partial charge in [0.05, 0.1) is 29.8 Å². The molecular formula is C24H39N5O4. The molecule has 0 bridgehead atoms. The molecule has 1 aromatic rings. The standard InChI is InChI=1S/C24H39N5O4/c1-28(14-17-8-7-9-17)24(30)32-16-21(29(2)26)23(25)19-12-13-22(20(27-19)15-31-3)33-18-10-5-4-6-11-18/h12-13,17-18H,4-11,14-16,25-26H2,1-3H3/b23-21-. The number of hydrazine groups is 1. The third-order valence-corrected chi connectivity index (χ3v) is 6.47. The Labute approximate surface area is 197 Å². The molecule has 0 unspecified atom stereocenters. The van der Waals surface area contributed by atoms with E-state index in [0.29, 0.717) is 47.6 Å². The van der Waals surface area contributed by atoms with Gasteiger partial charge >= 0.3 is 6.09 Å². The molecule has 33 heavy (non-hydrogen) atoms. The van der Waals surface area contributed by atoms with Crippen LogP contribution in [0.4, 0.5) is 4.79 Å². The van der Waals surface area contributed by atoms with Gasteiger partial charge in [0.25, 0.3) is 0 Å². The highest BCUT2D eigenvalue weighted by Crippen LogP contribution is 2.28. The van der Waals surface area contributed by atoms with Crippen molar-refractivity contribution in [2.75, 3.05) is 34.4 Å². The summed E-state index contributed by atoms with van der Waals surface area (Å²) in [5.41, 5.74) is 8.45. The number of likely N-dealkylation sites (N-methyl/N-ethyl adjacent to an activating group) is 1. The number of nitrogens with two attached hydrogens (primary N) is 2. The number of methoxy groups -OCH3 is 1. The lowest BCUT2D eigenvalue weighted by atomic mass is 9.85. The Morgan fingerprint density at radius 2 is 1.85 bits per heavy atom. The molecule has 2 aliphatic rings. The summed E-state index contributed by atoms with van der Waals surface area (Å²) in [4.78, 5) is 18.7. The molecule has 1 aromatic heterocycles. The second-order valence-electron chi connectivity index (χ2n) is 9.16. The number of aromatic nitrogens is 1. The number of hydrogen-bond acceptors (Lipinski definition) is 8. The van der Waals surface area contributed by atoms with E-state index in [1.807, 2.05) is 6.07 Å². The van der Waals surface area contributed by atoms with Gasteiger partial charge in [-0.25, -0.2) is 15.6 Å². The van der Waals surface area contributed by atoms with Crippen LogP contribution in [-0.4, -0.2) is 61.4 Å². The Morgan fingerprint density at radius 1 is 1.12 bits per heavy atom. The van der Waals surface area contributed by atoms with Crippen LogP contribution in [0.5, 0.6) is 5.75 Å². The smallest absolute Gasteiger partial charge is 0.409 e. The van der Waals surface area contributed by atoms with Crippen LogP contribution in [0.1, 0.15) is 62.8 Å². The van der Waals surface area contributed by atoms with Gasteiger partial charge in [0.1, 0.15) is 18.1 Å². The average Bonchev–Trinajstić information content (AvgIpc) is 2.77. The molecule has 3 rings (SSSR count). The average molecular weight is 462 g/mol. The van der Waals surface area contributed by atoms with Gasteiger partial charge in [-0.3, -0.25) is 0 Å². The van der Waals surface area contributed by atoms with E-state index < -0.39 is 6.09 Å². The summed E-state index contributed by atoms with van der Waals surface area (Å²) >= 11 is 0. The predicted octanol–water partition coefficient (Wildman–Crippen LogP) is 3.24. The van der Waals surface area contributed by atoms with Gasteiger partial charge in [-0.15, -0.1) is 0 Å². The number of carbonyl (C=O) groups is 1. The van der Waals surface area contributed by atoms with Gasteiger partial charge in [0.2, 0.25) is 0 Å². The van der Waals surface area contributed by atoms with Crippen LogP contribution >= 0.6 is 0 Å². The Bertz CT molecular complexity index is 819. The summed E-state index contributed by atoms with van der Waals surface area (Å²) in [7, 11) is 5.03. The largest absolute Gasteiger partial charge is 0.488 e. The quantitative estimate of drug-likeness (QED) is 0.403. The van der Waals surface area contributed by atoms with Crippen molar-refractivity contribution in [2.45, 2.75) is 64.1 Å². The number of pyridine rings is 1.